The molecule has 0 rings (SSSR count). The van der Waals surface area contributed by atoms with E-state index in [0.29, 0.717) is 0 Å². The summed E-state index contributed by atoms with van der Waals surface area (Å²) >= 11 is 0. The van der Waals surface area contributed by atoms with Crippen molar-refractivity contribution in [2.45, 2.75) is 86.5 Å². The maximum Gasteiger partial charge on any atom is -0.0351 e. The first-order chi connectivity index (χ1) is 8.16. The minimum absolute atomic E-state index is 0.884. The van der Waals surface area contributed by atoms with Gasteiger partial charge in [0.15, 0.2) is 0 Å². The summed E-state index contributed by atoms with van der Waals surface area (Å²) in [5, 5.41) is 0. The number of unbranched alkanes of at least 4 members (excludes halogenated alkanes) is 2. The Morgan fingerprint density at radius 3 is 1.88 bits per heavy atom. The monoisotopic (exact) mass is 240 g/mol. The molecule has 0 heteroatoms. The molecule has 0 heterocycles. The molecule has 0 aromatic carbocycles. The van der Waals surface area contributed by atoms with Crippen molar-refractivity contribution in [2.24, 2.45) is 11.8 Å². The molecule has 0 nitrogen and oxygen atoms in total. The van der Waals surface area contributed by atoms with Crippen LogP contribution in [-0.2, 0) is 0 Å². The maximum atomic E-state index is 2.41. The van der Waals surface area contributed by atoms with Gasteiger partial charge in [-0.3, -0.25) is 0 Å². The molecule has 0 aliphatic carbocycles. The highest BCUT2D eigenvalue weighted by molar-refractivity contribution is 4.76. The van der Waals surface area contributed by atoms with E-state index in [4.69, 9.17) is 0 Å². The zero-order valence-electron chi connectivity index (χ0n) is 13.3. The second kappa shape index (κ2) is 15.7. The molecular formula is C17H36. The van der Waals surface area contributed by atoms with Gasteiger partial charge in [-0.1, -0.05) is 78.9 Å². The Balaban J connectivity index is 0. The third-order valence-electron chi connectivity index (χ3n) is 3.03. The highest BCUT2D eigenvalue weighted by atomic mass is 14.1. The van der Waals surface area contributed by atoms with Gasteiger partial charge in [-0.25, -0.2) is 0 Å². The lowest BCUT2D eigenvalue weighted by atomic mass is 9.96. The zero-order valence-corrected chi connectivity index (χ0v) is 13.3. The van der Waals surface area contributed by atoms with Crippen molar-refractivity contribution in [3.05, 3.63) is 12.2 Å². The molecule has 0 aromatic heterocycles. The van der Waals surface area contributed by atoms with E-state index in [-0.39, 0.29) is 0 Å². The van der Waals surface area contributed by atoms with Crippen LogP contribution in [0.25, 0.3) is 0 Å². The minimum Gasteiger partial charge on any atom is -0.0917 e. The van der Waals surface area contributed by atoms with E-state index in [9.17, 15) is 0 Å². The van der Waals surface area contributed by atoms with Crippen LogP contribution in [0.15, 0.2) is 12.2 Å². The number of hydrogen-bond acceptors (Lipinski definition) is 0. The van der Waals surface area contributed by atoms with E-state index in [1.807, 2.05) is 13.8 Å². The molecule has 0 fully saturated rings. The molecule has 0 radical (unpaired) electrons. The molecule has 1 atom stereocenters. The van der Waals surface area contributed by atoms with Crippen molar-refractivity contribution in [3.8, 4) is 0 Å². The van der Waals surface area contributed by atoms with Gasteiger partial charge in [0.05, 0.1) is 0 Å². The van der Waals surface area contributed by atoms with Crippen LogP contribution in [0.2, 0.25) is 0 Å². The highest BCUT2D eigenvalue weighted by Gasteiger charge is 2.01. The van der Waals surface area contributed by atoms with Crippen LogP contribution in [0, 0.1) is 11.8 Å². The maximum absolute atomic E-state index is 2.41. The summed E-state index contributed by atoms with van der Waals surface area (Å²) < 4.78 is 0. The quantitative estimate of drug-likeness (QED) is 0.314. The topological polar surface area (TPSA) is 0 Å². The van der Waals surface area contributed by atoms with Crippen LogP contribution < -0.4 is 0 Å². The molecule has 104 valence electrons. The molecular weight excluding hydrogens is 204 g/mol. The van der Waals surface area contributed by atoms with E-state index in [1.54, 1.807) is 0 Å². The Morgan fingerprint density at radius 1 is 0.824 bits per heavy atom. The predicted molar refractivity (Wildman–Crippen MR) is 82.5 cm³/mol. The summed E-state index contributed by atoms with van der Waals surface area (Å²) in [6, 6.07) is 0. The number of rotatable bonds is 9. The summed E-state index contributed by atoms with van der Waals surface area (Å²) in [6.07, 6.45) is 14.2. The minimum atomic E-state index is 0.884. The van der Waals surface area contributed by atoms with Gasteiger partial charge in [0, 0.05) is 0 Å². The lowest BCUT2D eigenvalue weighted by Crippen LogP contribution is -1.95. The van der Waals surface area contributed by atoms with Crippen LogP contribution in [0.3, 0.4) is 0 Å². The van der Waals surface area contributed by atoms with Gasteiger partial charge in [-0.2, -0.15) is 0 Å². The molecule has 0 bridgehead atoms. The van der Waals surface area contributed by atoms with Crippen molar-refractivity contribution in [1.82, 2.24) is 0 Å². The molecule has 0 N–H and O–H groups in total. The summed E-state index contributed by atoms with van der Waals surface area (Å²) in [5.41, 5.74) is 0. The molecule has 0 saturated carbocycles. The smallest absolute Gasteiger partial charge is 0.0351 e. The van der Waals surface area contributed by atoms with Crippen molar-refractivity contribution < 1.29 is 0 Å². The largest absolute Gasteiger partial charge is 0.0917 e. The Labute approximate surface area is 111 Å². The van der Waals surface area contributed by atoms with Crippen molar-refractivity contribution in [2.75, 3.05) is 0 Å². The normalized spacial score (nSPS) is 12.6. The van der Waals surface area contributed by atoms with Gasteiger partial charge in [0.1, 0.15) is 0 Å². The lowest BCUT2D eigenvalue weighted by Gasteiger charge is -2.10. The van der Waals surface area contributed by atoms with E-state index in [0.717, 1.165) is 11.8 Å². The van der Waals surface area contributed by atoms with E-state index in [2.05, 4.69) is 39.8 Å². The average molecular weight is 240 g/mol. The first-order valence-corrected chi connectivity index (χ1v) is 7.78. The predicted octanol–water partition coefficient (Wildman–Crippen LogP) is 6.61. The molecule has 0 aromatic rings. The van der Waals surface area contributed by atoms with Gasteiger partial charge in [0.25, 0.3) is 0 Å². The lowest BCUT2D eigenvalue weighted by molar-refractivity contribution is 0.434. The van der Waals surface area contributed by atoms with E-state index in [1.165, 1.54) is 44.9 Å². The average Bonchev–Trinajstić information content (AvgIpc) is 2.33. The SMILES string of the molecule is C/C=C/CCCC(C)CCCCC(C)C.CC. The van der Waals surface area contributed by atoms with Crippen molar-refractivity contribution in [3.63, 3.8) is 0 Å². The number of hydrogen-bond donors (Lipinski definition) is 0. The van der Waals surface area contributed by atoms with Gasteiger partial charge in [0.2, 0.25) is 0 Å². The van der Waals surface area contributed by atoms with Crippen LogP contribution in [0.1, 0.15) is 86.5 Å². The van der Waals surface area contributed by atoms with Gasteiger partial charge >= 0.3 is 0 Å². The first kappa shape index (κ1) is 19.1. The molecule has 0 spiro atoms. The summed E-state index contributed by atoms with van der Waals surface area (Å²) in [6.45, 7) is 13.2. The molecule has 0 aliphatic heterocycles. The molecule has 0 saturated heterocycles. The molecule has 0 amide bonds. The summed E-state index contributed by atoms with van der Waals surface area (Å²) in [4.78, 5) is 0. The number of allylic oxidation sites excluding steroid dienone is 2. The Morgan fingerprint density at radius 2 is 1.35 bits per heavy atom. The van der Waals surface area contributed by atoms with Crippen molar-refractivity contribution >= 4 is 0 Å². The second-order valence-corrected chi connectivity index (χ2v) is 5.28. The third kappa shape index (κ3) is 18.3. The fourth-order valence-electron chi connectivity index (χ4n) is 1.94. The Hall–Kier alpha value is -0.260. The van der Waals surface area contributed by atoms with Gasteiger partial charge in [-0.15, -0.1) is 0 Å². The first-order valence-electron chi connectivity index (χ1n) is 7.78. The fraction of sp³-hybridized carbons (Fsp3) is 0.882. The standard InChI is InChI=1S/C15H30.C2H6/c1-5-6-7-8-12-15(4)13-10-9-11-14(2)3;1-2/h5-6,14-15H,7-13H2,1-4H3;1-2H3/b6-5+;. The van der Waals surface area contributed by atoms with Crippen LogP contribution in [0.5, 0.6) is 0 Å². The highest BCUT2D eigenvalue weighted by Crippen LogP contribution is 2.17. The Bertz CT molecular complexity index is 144. The second-order valence-electron chi connectivity index (χ2n) is 5.28. The molecule has 1 unspecified atom stereocenters. The van der Waals surface area contributed by atoms with Crippen molar-refractivity contribution in [1.29, 1.82) is 0 Å². The van der Waals surface area contributed by atoms with Crippen LogP contribution in [0.4, 0.5) is 0 Å². The van der Waals surface area contributed by atoms with Crippen LogP contribution >= 0.6 is 0 Å². The fourth-order valence-corrected chi connectivity index (χ4v) is 1.94. The van der Waals surface area contributed by atoms with Crippen LogP contribution in [-0.4, -0.2) is 0 Å². The molecule has 17 heavy (non-hydrogen) atoms. The summed E-state index contributed by atoms with van der Waals surface area (Å²) in [7, 11) is 0. The molecule has 0 aliphatic rings. The van der Waals surface area contributed by atoms with E-state index < -0.39 is 0 Å². The van der Waals surface area contributed by atoms with E-state index >= 15 is 0 Å². The van der Waals surface area contributed by atoms with Gasteiger partial charge in [-0.05, 0) is 31.6 Å². The zero-order chi connectivity index (χ0) is 13.5. The Kier molecular flexibility index (Phi) is 17.7. The van der Waals surface area contributed by atoms with Gasteiger partial charge < -0.3 is 0 Å². The third-order valence-corrected chi connectivity index (χ3v) is 3.03. The summed E-state index contributed by atoms with van der Waals surface area (Å²) in [5.74, 6) is 1.82.